The van der Waals surface area contributed by atoms with Crippen molar-refractivity contribution in [2.75, 3.05) is 0 Å². The number of rotatable bonds is 0. The van der Waals surface area contributed by atoms with Gasteiger partial charge in [-0.05, 0) is 17.7 Å². The van der Waals surface area contributed by atoms with E-state index in [0.717, 1.165) is 11.3 Å². The van der Waals surface area contributed by atoms with Gasteiger partial charge in [-0.3, -0.25) is 0 Å². The Hall–Kier alpha value is -1.28. The predicted molar refractivity (Wildman–Crippen MR) is 59.1 cm³/mol. The van der Waals surface area contributed by atoms with Crippen LogP contribution in [0.2, 0.25) is 5.15 Å². The molecule has 0 unspecified atom stereocenters. The topological polar surface area (TPSA) is 26.0 Å². The Kier molecular flexibility index (Phi) is 1.58. The van der Waals surface area contributed by atoms with Gasteiger partial charge in [-0.25, -0.2) is 4.98 Å². The summed E-state index contributed by atoms with van der Waals surface area (Å²) in [7, 11) is 0. The van der Waals surface area contributed by atoms with Crippen LogP contribution in [0.1, 0.15) is 25.0 Å². The molecule has 2 aromatic heterocycles. The zero-order chi connectivity index (χ0) is 10.6. The van der Waals surface area contributed by atoms with E-state index in [0.29, 0.717) is 5.15 Å². The monoisotopic (exact) mass is 219 g/mol. The van der Waals surface area contributed by atoms with Crippen LogP contribution in [-0.4, -0.2) is 4.98 Å². The molecule has 0 N–H and O–H groups in total. The first-order valence-electron chi connectivity index (χ1n) is 4.85. The zero-order valence-electron chi connectivity index (χ0n) is 8.54. The minimum absolute atomic E-state index is 0.0375. The van der Waals surface area contributed by atoms with E-state index in [4.69, 9.17) is 16.0 Å². The molecule has 0 spiro atoms. The summed E-state index contributed by atoms with van der Waals surface area (Å²) in [6.07, 6.45) is 3.51. The molecule has 15 heavy (non-hydrogen) atoms. The smallest absolute Gasteiger partial charge is 0.139 e. The Labute approximate surface area is 92.9 Å². The quantitative estimate of drug-likeness (QED) is 0.633. The van der Waals surface area contributed by atoms with E-state index in [9.17, 15) is 0 Å². The number of hydrogen-bond acceptors (Lipinski definition) is 2. The second kappa shape index (κ2) is 2.64. The molecule has 2 heterocycles. The number of nitrogens with zero attached hydrogens (tertiary/aromatic N) is 1. The summed E-state index contributed by atoms with van der Waals surface area (Å²) in [4.78, 5) is 4.10. The Morgan fingerprint density at radius 1 is 1.33 bits per heavy atom. The molecule has 0 fully saturated rings. The van der Waals surface area contributed by atoms with Gasteiger partial charge >= 0.3 is 0 Å². The van der Waals surface area contributed by atoms with Crippen LogP contribution in [0.15, 0.2) is 29.0 Å². The van der Waals surface area contributed by atoms with Crippen molar-refractivity contribution in [3.05, 3.63) is 40.9 Å². The molecular weight excluding hydrogens is 210 g/mol. The third-order valence-electron chi connectivity index (χ3n) is 3.13. The summed E-state index contributed by atoms with van der Waals surface area (Å²) in [5.74, 6) is 0.930. The van der Waals surface area contributed by atoms with Gasteiger partial charge in [0, 0.05) is 22.7 Å². The second-order valence-electron chi connectivity index (χ2n) is 4.34. The van der Waals surface area contributed by atoms with Crippen LogP contribution in [0.4, 0.5) is 0 Å². The fourth-order valence-corrected chi connectivity index (χ4v) is 2.44. The van der Waals surface area contributed by atoms with Gasteiger partial charge in [0.1, 0.15) is 10.9 Å². The van der Waals surface area contributed by atoms with E-state index in [-0.39, 0.29) is 5.41 Å². The average molecular weight is 220 g/mol. The normalized spacial score (nSPS) is 16.2. The maximum Gasteiger partial charge on any atom is 0.139 e. The van der Waals surface area contributed by atoms with E-state index >= 15 is 0 Å². The molecule has 76 valence electrons. The second-order valence-corrected chi connectivity index (χ2v) is 4.73. The van der Waals surface area contributed by atoms with E-state index in [1.807, 2.05) is 12.1 Å². The molecule has 0 amide bonds. The van der Waals surface area contributed by atoms with Crippen molar-refractivity contribution in [3.8, 4) is 11.3 Å². The Bertz CT molecular complexity index is 542. The predicted octanol–water partition coefficient (Wildman–Crippen LogP) is 3.63. The molecular formula is C12H10ClNO. The first kappa shape index (κ1) is 8.98. The van der Waals surface area contributed by atoms with Crippen LogP contribution in [0, 0.1) is 0 Å². The molecule has 0 atom stereocenters. The summed E-state index contributed by atoms with van der Waals surface area (Å²) >= 11 is 5.92. The van der Waals surface area contributed by atoms with Crippen molar-refractivity contribution in [1.82, 2.24) is 4.98 Å². The molecule has 2 aromatic rings. The van der Waals surface area contributed by atoms with Crippen molar-refractivity contribution < 1.29 is 4.42 Å². The molecule has 3 rings (SSSR count). The molecule has 2 nitrogen and oxygen atoms in total. The van der Waals surface area contributed by atoms with Crippen LogP contribution in [0.3, 0.4) is 0 Å². The summed E-state index contributed by atoms with van der Waals surface area (Å²) in [6.45, 7) is 4.34. The highest BCUT2D eigenvalue weighted by Gasteiger charge is 2.38. The Morgan fingerprint density at radius 2 is 2.13 bits per heavy atom. The van der Waals surface area contributed by atoms with Crippen molar-refractivity contribution in [1.29, 1.82) is 0 Å². The number of halogens is 1. The molecule has 0 bridgehead atoms. The first-order chi connectivity index (χ1) is 7.10. The summed E-state index contributed by atoms with van der Waals surface area (Å²) in [5, 5.41) is 0.534. The molecule has 0 aromatic carbocycles. The molecule has 1 aliphatic carbocycles. The molecule has 0 saturated heterocycles. The van der Waals surface area contributed by atoms with Crippen molar-refractivity contribution in [2.45, 2.75) is 19.3 Å². The zero-order valence-corrected chi connectivity index (χ0v) is 9.30. The van der Waals surface area contributed by atoms with Gasteiger partial charge in [0.2, 0.25) is 0 Å². The minimum atomic E-state index is -0.0375. The van der Waals surface area contributed by atoms with Crippen molar-refractivity contribution in [3.63, 3.8) is 0 Å². The van der Waals surface area contributed by atoms with Gasteiger partial charge in [0.15, 0.2) is 0 Å². The fraction of sp³-hybridized carbons (Fsp3) is 0.250. The van der Waals surface area contributed by atoms with Gasteiger partial charge in [0.05, 0.1) is 6.26 Å². The number of fused-ring (bicyclic) bond motifs is 3. The van der Waals surface area contributed by atoms with Crippen LogP contribution < -0.4 is 0 Å². The lowest BCUT2D eigenvalue weighted by atomic mass is 9.83. The molecule has 0 aliphatic heterocycles. The van der Waals surface area contributed by atoms with Crippen molar-refractivity contribution >= 4 is 11.6 Å². The third-order valence-corrected chi connectivity index (χ3v) is 3.33. The standard InChI is InChI=1S/C12H10ClNO/c1-12(2)8-3-4-15-11(8)7-6-14-10(13)5-9(7)12/h3-6H,1-2H3. The minimum Gasteiger partial charge on any atom is -0.464 e. The molecule has 0 radical (unpaired) electrons. The third kappa shape index (κ3) is 1.03. The summed E-state index contributed by atoms with van der Waals surface area (Å²) in [6, 6.07) is 3.94. The molecule has 3 heteroatoms. The summed E-state index contributed by atoms with van der Waals surface area (Å²) < 4.78 is 5.49. The Balaban J connectivity index is 2.39. The number of furan rings is 1. The van der Waals surface area contributed by atoms with Crippen LogP contribution in [-0.2, 0) is 5.41 Å². The Morgan fingerprint density at radius 3 is 2.93 bits per heavy atom. The fourth-order valence-electron chi connectivity index (χ4n) is 2.28. The highest BCUT2D eigenvalue weighted by atomic mass is 35.5. The number of pyridine rings is 1. The molecule has 1 aliphatic rings. The van der Waals surface area contributed by atoms with Gasteiger partial charge in [-0.2, -0.15) is 0 Å². The number of hydrogen-bond donors (Lipinski definition) is 0. The van der Waals surface area contributed by atoms with E-state index in [1.165, 1.54) is 11.1 Å². The summed E-state index contributed by atoms with van der Waals surface area (Å²) in [5.41, 5.74) is 3.42. The maximum absolute atomic E-state index is 5.92. The maximum atomic E-state index is 5.92. The highest BCUT2D eigenvalue weighted by molar-refractivity contribution is 6.29. The number of aromatic nitrogens is 1. The lowest BCUT2D eigenvalue weighted by Crippen LogP contribution is -2.14. The first-order valence-corrected chi connectivity index (χ1v) is 5.23. The van der Waals surface area contributed by atoms with Crippen LogP contribution in [0.5, 0.6) is 0 Å². The van der Waals surface area contributed by atoms with Gasteiger partial charge in [-0.1, -0.05) is 25.4 Å². The van der Waals surface area contributed by atoms with Gasteiger partial charge in [-0.15, -0.1) is 0 Å². The van der Waals surface area contributed by atoms with Crippen LogP contribution >= 0.6 is 11.6 Å². The molecule has 0 saturated carbocycles. The largest absolute Gasteiger partial charge is 0.464 e. The van der Waals surface area contributed by atoms with Crippen molar-refractivity contribution in [2.24, 2.45) is 0 Å². The lowest BCUT2D eigenvalue weighted by Gasteiger charge is -2.19. The van der Waals surface area contributed by atoms with E-state index in [2.05, 4.69) is 18.8 Å². The lowest BCUT2D eigenvalue weighted by molar-refractivity contribution is 0.579. The highest BCUT2D eigenvalue weighted by Crippen LogP contribution is 2.49. The SMILES string of the molecule is CC1(C)c2cc(Cl)ncc2-c2occc21. The van der Waals surface area contributed by atoms with E-state index in [1.54, 1.807) is 12.5 Å². The van der Waals surface area contributed by atoms with Gasteiger partial charge < -0.3 is 4.42 Å². The average Bonchev–Trinajstić information content (AvgIpc) is 2.72. The van der Waals surface area contributed by atoms with Gasteiger partial charge in [0.25, 0.3) is 0 Å². The van der Waals surface area contributed by atoms with E-state index < -0.39 is 0 Å². The van der Waals surface area contributed by atoms with Crippen LogP contribution in [0.25, 0.3) is 11.3 Å².